The van der Waals surface area contributed by atoms with Crippen molar-refractivity contribution in [3.63, 3.8) is 0 Å². The fourth-order valence-electron chi connectivity index (χ4n) is 4.52. The first-order valence-corrected chi connectivity index (χ1v) is 11.9. The highest BCUT2D eigenvalue weighted by Gasteiger charge is 2.33. The van der Waals surface area contributed by atoms with Crippen LogP contribution in [-0.4, -0.2) is 38.0 Å². The minimum Gasteiger partial charge on any atom is -0.481 e. The predicted molar refractivity (Wildman–Crippen MR) is 123 cm³/mol. The highest BCUT2D eigenvalue weighted by molar-refractivity contribution is 7.12. The predicted octanol–water partition coefficient (Wildman–Crippen LogP) is 5.33. The number of halogens is 3. The number of thiophene rings is 1. The summed E-state index contributed by atoms with van der Waals surface area (Å²) in [5, 5.41) is 10.0. The topological polar surface area (TPSA) is 75.4 Å². The summed E-state index contributed by atoms with van der Waals surface area (Å²) in [6, 6.07) is 6.38. The van der Waals surface area contributed by atoms with E-state index in [0.717, 1.165) is 34.0 Å². The van der Waals surface area contributed by atoms with E-state index >= 15 is 0 Å². The van der Waals surface area contributed by atoms with Crippen LogP contribution in [0, 0.1) is 5.41 Å². The van der Waals surface area contributed by atoms with Crippen molar-refractivity contribution >= 4 is 34.2 Å². The van der Waals surface area contributed by atoms with Crippen molar-refractivity contribution in [2.24, 2.45) is 5.41 Å². The molecule has 0 spiro atoms. The number of nitrogens with zero attached hydrogens (tertiary/aromatic N) is 3. The third-order valence-corrected chi connectivity index (χ3v) is 7.38. The van der Waals surface area contributed by atoms with Gasteiger partial charge in [-0.05, 0) is 48.1 Å². The molecule has 34 heavy (non-hydrogen) atoms. The molecule has 0 fully saturated rings. The van der Waals surface area contributed by atoms with Crippen molar-refractivity contribution in [2.75, 3.05) is 6.54 Å². The molecule has 0 saturated carbocycles. The molecule has 1 aliphatic rings. The molecule has 0 unspecified atom stereocenters. The molecular formula is C24H26F3N3O3S. The normalized spacial score (nSPS) is 14.4. The zero-order valence-electron chi connectivity index (χ0n) is 19.0. The number of aromatic nitrogens is 2. The minimum absolute atomic E-state index is 0.00886. The number of amides is 1. The first-order valence-electron chi connectivity index (χ1n) is 11.0. The number of carbonyl (C=O) groups is 2. The fraction of sp³-hybridized carbons (Fsp3) is 0.458. The second-order valence-electron chi connectivity index (χ2n) is 9.45. The zero-order valence-corrected chi connectivity index (χ0v) is 19.8. The van der Waals surface area contributed by atoms with Gasteiger partial charge in [0.1, 0.15) is 10.5 Å². The van der Waals surface area contributed by atoms with Gasteiger partial charge in [-0.1, -0.05) is 13.8 Å². The Bertz CT molecular complexity index is 1230. The fourth-order valence-corrected chi connectivity index (χ4v) is 5.38. The molecule has 0 aliphatic carbocycles. The van der Waals surface area contributed by atoms with Crippen molar-refractivity contribution in [1.29, 1.82) is 0 Å². The summed E-state index contributed by atoms with van der Waals surface area (Å²) in [4.78, 5) is 30.2. The number of carboxylic acids is 1. The van der Waals surface area contributed by atoms with Gasteiger partial charge >= 0.3 is 12.1 Å². The lowest BCUT2D eigenvalue weighted by Crippen LogP contribution is -2.37. The second kappa shape index (κ2) is 9.05. The van der Waals surface area contributed by atoms with Gasteiger partial charge < -0.3 is 14.6 Å². The number of alkyl halides is 3. The molecule has 1 aliphatic heterocycles. The molecule has 0 radical (unpaired) electrons. The van der Waals surface area contributed by atoms with Crippen LogP contribution in [0.3, 0.4) is 0 Å². The van der Waals surface area contributed by atoms with Crippen LogP contribution in [0.25, 0.3) is 11.0 Å². The van der Waals surface area contributed by atoms with Crippen molar-refractivity contribution < 1.29 is 27.9 Å². The Morgan fingerprint density at radius 3 is 2.65 bits per heavy atom. The number of hydrogen-bond donors (Lipinski definition) is 1. The number of fused-ring (bicyclic) bond motifs is 3. The summed E-state index contributed by atoms with van der Waals surface area (Å²) < 4.78 is 41.2. The van der Waals surface area contributed by atoms with Gasteiger partial charge in [0.25, 0.3) is 0 Å². The SMILES string of the molecule is CC(C)(CCC(=O)N1CCc2c(n(Cc3ccc(C(F)(F)F)s3)c3ncccc23)C1)CC(=O)O. The van der Waals surface area contributed by atoms with Crippen LogP contribution < -0.4 is 0 Å². The Hall–Kier alpha value is -2.88. The van der Waals surface area contributed by atoms with E-state index < -0.39 is 22.4 Å². The maximum absolute atomic E-state index is 13.1. The van der Waals surface area contributed by atoms with Gasteiger partial charge in [0.15, 0.2) is 0 Å². The van der Waals surface area contributed by atoms with Gasteiger partial charge in [0.2, 0.25) is 5.91 Å². The number of hydrogen-bond acceptors (Lipinski definition) is 4. The Morgan fingerprint density at radius 2 is 1.97 bits per heavy atom. The van der Waals surface area contributed by atoms with Crippen LogP contribution in [0.4, 0.5) is 13.2 Å². The molecule has 1 amide bonds. The van der Waals surface area contributed by atoms with Crippen molar-refractivity contribution in [1.82, 2.24) is 14.5 Å². The Labute approximate surface area is 199 Å². The van der Waals surface area contributed by atoms with Crippen molar-refractivity contribution in [3.05, 3.63) is 51.5 Å². The van der Waals surface area contributed by atoms with Crippen LogP contribution in [0.2, 0.25) is 0 Å². The van der Waals surface area contributed by atoms with Crippen LogP contribution in [0.15, 0.2) is 30.5 Å². The van der Waals surface area contributed by atoms with E-state index in [-0.39, 0.29) is 25.3 Å². The van der Waals surface area contributed by atoms with Crippen LogP contribution in [0.1, 0.15) is 54.1 Å². The lowest BCUT2D eigenvalue weighted by atomic mass is 9.84. The van der Waals surface area contributed by atoms with Crippen molar-refractivity contribution in [2.45, 2.75) is 58.8 Å². The van der Waals surface area contributed by atoms with Gasteiger partial charge in [-0.15, -0.1) is 11.3 Å². The number of aliphatic carboxylic acids is 1. The number of carbonyl (C=O) groups excluding carboxylic acids is 1. The molecule has 6 nitrogen and oxygen atoms in total. The standard InChI is InChI=1S/C24H26F3N3O3S/c1-23(2,12-21(32)33)9-7-20(31)29-11-8-16-17-4-3-10-28-22(17)30(18(16)14-29)13-15-5-6-19(34-15)24(25,26)27/h3-6,10H,7-9,11-14H2,1-2H3,(H,32,33). The summed E-state index contributed by atoms with van der Waals surface area (Å²) >= 11 is 0.718. The van der Waals surface area contributed by atoms with E-state index in [9.17, 15) is 22.8 Å². The quantitative estimate of drug-likeness (QED) is 0.483. The molecule has 3 aromatic rings. The average Bonchev–Trinajstić information content (AvgIpc) is 3.35. The van der Waals surface area contributed by atoms with E-state index in [1.165, 1.54) is 6.07 Å². The van der Waals surface area contributed by atoms with Gasteiger partial charge in [-0.25, -0.2) is 4.98 Å². The molecular weight excluding hydrogens is 467 g/mol. The first kappa shape index (κ1) is 24.3. The summed E-state index contributed by atoms with van der Waals surface area (Å²) in [7, 11) is 0. The van der Waals surface area contributed by atoms with Gasteiger partial charge in [0.05, 0.1) is 19.5 Å². The lowest BCUT2D eigenvalue weighted by molar-refractivity contribution is -0.140. The zero-order chi connectivity index (χ0) is 24.7. The van der Waals surface area contributed by atoms with E-state index in [2.05, 4.69) is 4.98 Å². The van der Waals surface area contributed by atoms with Crippen LogP contribution in [-0.2, 0) is 35.3 Å². The summed E-state index contributed by atoms with van der Waals surface area (Å²) in [5.74, 6) is -0.941. The molecule has 3 aromatic heterocycles. The van der Waals surface area contributed by atoms with E-state index in [0.29, 0.717) is 36.5 Å². The average molecular weight is 494 g/mol. The molecule has 0 saturated heterocycles. The number of carboxylic acid groups (broad SMARTS) is 1. The molecule has 1 N–H and O–H groups in total. The summed E-state index contributed by atoms with van der Waals surface area (Å²) in [6.45, 7) is 4.81. The van der Waals surface area contributed by atoms with Crippen LogP contribution >= 0.6 is 11.3 Å². The summed E-state index contributed by atoms with van der Waals surface area (Å²) in [6.07, 6.45) is -1.39. The monoisotopic (exact) mass is 493 g/mol. The van der Waals surface area contributed by atoms with E-state index in [1.54, 1.807) is 11.1 Å². The summed E-state index contributed by atoms with van der Waals surface area (Å²) in [5.41, 5.74) is 2.17. The molecule has 0 atom stereocenters. The molecule has 4 heterocycles. The van der Waals surface area contributed by atoms with E-state index in [4.69, 9.17) is 5.11 Å². The number of rotatable bonds is 7. The lowest BCUT2D eigenvalue weighted by Gasteiger charge is -2.30. The Kier molecular flexibility index (Phi) is 6.46. The van der Waals surface area contributed by atoms with Crippen LogP contribution in [0.5, 0.6) is 0 Å². The molecule has 0 bridgehead atoms. The minimum atomic E-state index is -4.38. The Balaban J connectivity index is 1.58. The van der Waals surface area contributed by atoms with Gasteiger partial charge in [0, 0.05) is 35.1 Å². The second-order valence-corrected chi connectivity index (χ2v) is 10.6. The van der Waals surface area contributed by atoms with Gasteiger partial charge in [-0.3, -0.25) is 9.59 Å². The maximum atomic E-state index is 13.1. The number of pyridine rings is 1. The largest absolute Gasteiger partial charge is 0.481 e. The molecule has 182 valence electrons. The molecule has 10 heteroatoms. The third kappa shape index (κ3) is 5.11. The first-order chi connectivity index (χ1) is 15.9. The molecule has 4 rings (SSSR count). The Morgan fingerprint density at radius 1 is 1.21 bits per heavy atom. The van der Waals surface area contributed by atoms with E-state index in [1.807, 2.05) is 30.5 Å². The third-order valence-electron chi connectivity index (χ3n) is 6.27. The van der Waals surface area contributed by atoms with Crippen molar-refractivity contribution in [3.8, 4) is 0 Å². The highest BCUT2D eigenvalue weighted by Crippen LogP contribution is 2.37. The highest BCUT2D eigenvalue weighted by atomic mass is 32.1. The molecule has 0 aromatic carbocycles. The van der Waals surface area contributed by atoms with Gasteiger partial charge in [-0.2, -0.15) is 13.2 Å². The smallest absolute Gasteiger partial charge is 0.425 e. The maximum Gasteiger partial charge on any atom is 0.425 e.